The van der Waals surface area contributed by atoms with Crippen LogP contribution in [0.3, 0.4) is 0 Å². The topological polar surface area (TPSA) is 111 Å². The van der Waals surface area contributed by atoms with Gasteiger partial charge in [-0.15, -0.1) is 0 Å². The van der Waals surface area contributed by atoms with Gasteiger partial charge in [0.25, 0.3) is 7.82 Å². The van der Waals surface area contributed by atoms with Gasteiger partial charge in [0, 0.05) is 12.8 Å². The molecule has 9 nitrogen and oxygen atoms in total. The van der Waals surface area contributed by atoms with Gasteiger partial charge in [-0.25, -0.2) is 0 Å². The Morgan fingerprint density at radius 1 is 0.356 bits per heavy atom. The Labute approximate surface area is 556 Å². The van der Waals surface area contributed by atoms with Gasteiger partial charge in [0.1, 0.15) is 19.8 Å². The minimum Gasteiger partial charge on any atom is -0.756 e. The van der Waals surface area contributed by atoms with E-state index in [9.17, 15) is 19.0 Å². The zero-order chi connectivity index (χ0) is 65.5. The average Bonchev–Trinajstić information content (AvgIpc) is 3.58. The third-order valence-electron chi connectivity index (χ3n) is 16.0. The molecule has 0 saturated carbocycles. The molecule has 0 saturated heterocycles. The maximum atomic E-state index is 12.9. The van der Waals surface area contributed by atoms with E-state index in [-0.39, 0.29) is 32.0 Å². The molecule has 2 unspecified atom stereocenters. The molecule has 0 aliphatic heterocycles. The number of phosphoric ester groups is 1. The van der Waals surface area contributed by atoms with E-state index in [1.165, 1.54) is 193 Å². The van der Waals surface area contributed by atoms with Crippen LogP contribution in [-0.4, -0.2) is 70.0 Å². The maximum absolute atomic E-state index is 12.9. The van der Waals surface area contributed by atoms with Gasteiger partial charge in [0.2, 0.25) is 0 Å². The van der Waals surface area contributed by atoms with Crippen LogP contribution in [0.1, 0.15) is 322 Å². The van der Waals surface area contributed by atoms with Crippen molar-refractivity contribution in [2.75, 3.05) is 47.5 Å². The monoisotopic (exact) mass is 1270 g/mol. The highest BCUT2D eigenvalue weighted by molar-refractivity contribution is 7.45. The number of esters is 2. The van der Waals surface area contributed by atoms with Crippen molar-refractivity contribution in [1.29, 1.82) is 0 Å². The summed E-state index contributed by atoms with van der Waals surface area (Å²) in [5.41, 5.74) is 0. The Hall–Kier alpha value is -3.59. The molecule has 0 aliphatic carbocycles. The van der Waals surface area contributed by atoms with E-state index < -0.39 is 26.5 Å². The van der Waals surface area contributed by atoms with Crippen LogP contribution in [0, 0.1) is 0 Å². The van der Waals surface area contributed by atoms with Crippen LogP contribution in [0.25, 0.3) is 0 Å². The molecule has 0 spiro atoms. The number of hydrogen-bond donors (Lipinski definition) is 0. The number of carbonyl (C=O) groups is 2. The molecule has 0 aliphatic rings. The van der Waals surface area contributed by atoms with E-state index in [1.807, 2.05) is 21.1 Å². The molecule has 90 heavy (non-hydrogen) atoms. The molecule has 0 radical (unpaired) electrons. The van der Waals surface area contributed by atoms with Crippen LogP contribution in [0.4, 0.5) is 0 Å². The normalized spacial score (nSPS) is 13.8. The first-order chi connectivity index (χ1) is 44.0. The second-order valence-electron chi connectivity index (χ2n) is 25.9. The lowest BCUT2D eigenvalue weighted by Gasteiger charge is -2.28. The molecule has 0 bridgehead atoms. The molecule has 0 N–H and O–H groups in total. The summed E-state index contributed by atoms with van der Waals surface area (Å²) in [5.74, 6) is -0.829. The van der Waals surface area contributed by atoms with Gasteiger partial charge in [0.15, 0.2) is 6.10 Å². The van der Waals surface area contributed by atoms with Crippen LogP contribution in [0.5, 0.6) is 0 Å². The average molecular weight is 1270 g/mol. The van der Waals surface area contributed by atoms with E-state index in [2.05, 4.69) is 135 Å². The molecule has 0 rings (SSSR count). The lowest BCUT2D eigenvalue weighted by molar-refractivity contribution is -0.870. The molecule has 0 aromatic heterocycles. The van der Waals surface area contributed by atoms with Gasteiger partial charge in [-0.1, -0.05) is 322 Å². The van der Waals surface area contributed by atoms with Gasteiger partial charge in [-0.05, 0) is 109 Å². The fourth-order valence-electron chi connectivity index (χ4n) is 10.3. The number of hydrogen-bond acceptors (Lipinski definition) is 8. The SMILES string of the molecule is CC/C=C\C/C=C\C/C=C\C/C=C\C/C=C\C/C=C\C/C=C\C/C=C\CCCCCCCCCCCCCCC(=O)OC(COC(=O)CCCCCCCCCCCCCCCCCCC/C=C\C/C=C\CCCCCCC)COP(=O)([O-])OCC[N+](C)(C)C. The first kappa shape index (κ1) is 86.4. The number of carbonyl (C=O) groups excluding carboxylic acids is 2. The Morgan fingerprint density at radius 3 is 0.944 bits per heavy atom. The third kappa shape index (κ3) is 73.5. The standard InChI is InChI=1S/C80H140NO8P/c1-6-8-10-12-14-16-18-20-22-24-26-28-30-32-34-36-37-38-39-40-41-42-43-45-47-49-51-53-55-57-59-61-63-65-67-69-71-73-80(83)89-78(77-88-90(84,85)87-75-74-81(3,4)5)76-86-79(82)72-70-68-66-64-62-60-58-56-54-52-50-48-46-44-35-33-31-29-27-25-23-21-19-17-15-13-11-9-7-2/h8,10,14,16,19-22,25-28,32,34,37-38,40-41,43,45,78H,6-7,9,11-13,15,17-18,23-24,29-31,33,35-36,39,42,44,46-77H2,1-5H3/b10-8-,16-14-,21-19-,22-20-,27-25-,28-26-,34-32-,38-37-,41-40-,45-43-. The molecule has 2 atom stereocenters. The fourth-order valence-corrected chi connectivity index (χ4v) is 11.0. The molecule has 0 aromatic rings. The second-order valence-corrected chi connectivity index (χ2v) is 27.3. The van der Waals surface area contributed by atoms with Crippen molar-refractivity contribution in [3.8, 4) is 0 Å². The minimum absolute atomic E-state index is 0.0346. The summed E-state index contributed by atoms with van der Waals surface area (Å²) in [6.45, 7) is 4.14. The van der Waals surface area contributed by atoms with Gasteiger partial charge in [0.05, 0.1) is 27.7 Å². The fraction of sp³-hybridized carbons (Fsp3) is 0.725. The van der Waals surface area contributed by atoms with Crippen molar-refractivity contribution in [1.82, 2.24) is 0 Å². The third-order valence-corrected chi connectivity index (χ3v) is 16.9. The molecule has 10 heteroatoms. The summed E-state index contributed by atoms with van der Waals surface area (Å²) in [6.07, 6.45) is 100. The summed E-state index contributed by atoms with van der Waals surface area (Å²) in [6, 6.07) is 0. The Morgan fingerprint density at radius 2 is 0.633 bits per heavy atom. The summed E-state index contributed by atoms with van der Waals surface area (Å²) in [5, 5.41) is 0. The summed E-state index contributed by atoms with van der Waals surface area (Å²) in [4.78, 5) is 38.1. The van der Waals surface area contributed by atoms with E-state index in [0.717, 1.165) is 96.3 Å². The second kappa shape index (κ2) is 69.7. The molecular formula is C80H140NO8P. The van der Waals surface area contributed by atoms with E-state index in [0.29, 0.717) is 17.4 Å². The Kier molecular flexibility index (Phi) is 67.0. The van der Waals surface area contributed by atoms with Crippen LogP contribution >= 0.6 is 7.82 Å². The summed E-state index contributed by atoms with van der Waals surface area (Å²) in [7, 11) is 1.16. The van der Waals surface area contributed by atoms with Crippen molar-refractivity contribution >= 4 is 19.8 Å². The molecule has 518 valence electrons. The number of rotatable bonds is 68. The van der Waals surface area contributed by atoms with E-state index in [4.69, 9.17) is 18.5 Å². The van der Waals surface area contributed by atoms with Gasteiger partial charge < -0.3 is 27.9 Å². The molecule has 0 fully saturated rings. The largest absolute Gasteiger partial charge is 0.756 e. The van der Waals surface area contributed by atoms with Crippen LogP contribution in [0.15, 0.2) is 122 Å². The number of unbranched alkanes of at least 4 members (excludes halogenated alkanes) is 34. The van der Waals surface area contributed by atoms with Gasteiger partial charge in [-0.3, -0.25) is 14.2 Å². The number of ether oxygens (including phenoxy) is 2. The predicted octanol–water partition coefficient (Wildman–Crippen LogP) is 24.0. The summed E-state index contributed by atoms with van der Waals surface area (Å²) >= 11 is 0. The van der Waals surface area contributed by atoms with Crippen molar-refractivity contribution in [2.24, 2.45) is 0 Å². The van der Waals surface area contributed by atoms with Crippen molar-refractivity contribution in [2.45, 2.75) is 328 Å². The van der Waals surface area contributed by atoms with E-state index in [1.54, 1.807) is 0 Å². The highest BCUT2D eigenvalue weighted by Crippen LogP contribution is 2.38. The zero-order valence-corrected chi connectivity index (χ0v) is 59.9. The smallest absolute Gasteiger partial charge is 0.306 e. The zero-order valence-electron chi connectivity index (χ0n) is 59.1. The molecular weight excluding hydrogens is 1130 g/mol. The Bertz CT molecular complexity index is 1940. The van der Waals surface area contributed by atoms with E-state index >= 15 is 0 Å². The predicted molar refractivity (Wildman–Crippen MR) is 388 cm³/mol. The Balaban J connectivity index is 4.04. The highest BCUT2D eigenvalue weighted by atomic mass is 31.2. The van der Waals surface area contributed by atoms with Crippen molar-refractivity contribution < 1.29 is 42.1 Å². The molecule has 0 aromatic carbocycles. The van der Waals surface area contributed by atoms with Crippen LogP contribution < -0.4 is 4.89 Å². The maximum Gasteiger partial charge on any atom is 0.306 e. The quantitative estimate of drug-likeness (QED) is 0.0195. The summed E-state index contributed by atoms with van der Waals surface area (Å²) < 4.78 is 34.4. The number of phosphoric acid groups is 1. The molecule has 0 heterocycles. The molecule has 0 amide bonds. The van der Waals surface area contributed by atoms with Crippen LogP contribution in [-0.2, 0) is 32.7 Å². The van der Waals surface area contributed by atoms with Crippen molar-refractivity contribution in [3.63, 3.8) is 0 Å². The lowest BCUT2D eigenvalue weighted by atomic mass is 10.0. The van der Waals surface area contributed by atoms with Crippen LogP contribution in [0.2, 0.25) is 0 Å². The van der Waals surface area contributed by atoms with Crippen molar-refractivity contribution in [3.05, 3.63) is 122 Å². The van der Waals surface area contributed by atoms with Gasteiger partial charge >= 0.3 is 11.9 Å². The minimum atomic E-state index is -4.65. The number of allylic oxidation sites excluding steroid dienone is 20. The first-order valence-corrected chi connectivity index (χ1v) is 38.7. The van der Waals surface area contributed by atoms with Gasteiger partial charge in [-0.2, -0.15) is 0 Å². The number of nitrogens with zero attached hydrogens (tertiary/aromatic N) is 1. The number of quaternary nitrogens is 1. The first-order valence-electron chi connectivity index (χ1n) is 37.2. The highest BCUT2D eigenvalue weighted by Gasteiger charge is 2.22. The lowest BCUT2D eigenvalue weighted by Crippen LogP contribution is -2.37. The number of likely N-dealkylation sites (N-methyl/N-ethyl adjacent to an activating group) is 1.